The van der Waals surface area contributed by atoms with Gasteiger partial charge in [-0.15, -0.1) is 11.3 Å². The largest absolute Gasteiger partial charge is 0.296 e. The Morgan fingerprint density at radius 3 is 2.68 bits per heavy atom. The minimum atomic E-state index is -0.561. The summed E-state index contributed by atoms with van der Waals surface area (Å²) in [4.78, 5) is 29.9. The van der Waals surface area contributed by atoms with Gasteiger partial charge in [0.05, 0.1) is 11.2 Å². The molecule has 140 valence electrons. The van der Waals surface area contributed by atoms with E-state index in [4.69, 9.17) is 0 Å². The molecule has 0 aliphatic carbocycles. The Kier molecular flexibility index (Phi) is 5.06. The number of amides is 1. The first-order valence-corrected chi connectivity index (χ1v) is 10.3. The highest BCUT2D eigenvalue weighted by Gasteiger charge is 2.18. The van der Waals surface area contributed by atoms with E-state index in [2.05, 4.69) is 31.3 Å². The summed E-state index contributed by atoms with van der Waals surface area (Å²) in [5.74, 6) is -0.561. The molecule has 4 rings (SSSR count). The average molecular weight is 455 g/mol. The van der Waals surface area contributed by atoms with Crippen LogP contribution in [-0.2, 0) is 6.54 Å². The molecule has 0 spiro atoms. The number of carbonyl (C=O) groups excluding carboxylic acids is 1. The van der Waals surface area contributed by atoms with E-state index >= 15 is 0 Å². The Morgan fingerprint density at radius 2 is 1.93 bits per heavy atom. The lowest BCUT2D eigenvalue weighted by Crippen LogP contribution is -2.27. The highest BCUT2D eigenvalue weighted by Crippen LogP contribution is 2.26. The van der Waals surface area contributed by atoms with Gasteiger partial charge in [-0.2, -0.15) is 5.10 Å². The van der Waals surface area contributed by atoms with Crippen molar-refractivity contribution in [3.63, 3.8) is 0 Å². The molecule has 0 atom stereocenters. The lowest BCUT2D eigenvalue weighted by molar-refractivity contribution is 0.101. The first kappa shape index (κ1) is 18.5. The number of aromatic nitrogens is 3. The standard InChI is InChI=1S/C20H15BrN4O2S/c1-2-25-16-6-4-3-5-14(16)18(26)17(24-25)19(27)23-20-22-15(11-28-20)12-7-9-13(21)10-8-12/h3-11H,2H2,1H3,(H,22,23,27). The Morgan fingerprint density at radius 1 is 1.18 bits per heavy atom. The van der Waals surface area contributed by atoms with Gasteiger partial charge in [-0.1, -0.05) is 40.2 Å². The van der Waals surface area contributed by atoms with Crippen LogP contribution >= 0.6 is 27.3 Å². The third-order valence-electron chi connectivity index (χ3n) is 4.24. The predicted octanol–water partition coefficient (Wildman–Crippen LogP) is 4.55. The molecule has 8 heteroatoms. The van der Waals surface area contributed by atoms with Crippen LogP contribution in [0.15, 0.2) is 63.2 Å². The van der Waals surface area contributed by atoms with Crippen LogP contribution in [0, 0.1) is 0 Å². The molecular weight excluding hydrogens is 440 g/mol. The molecule has 0 aliphatic rings. The fraction of sp³-hybridized carbons (Fsp3) is 0.100. The van der Waals surface area contributed by atoms with Gasteiger partial charge in [0.25, 0.3) is 5.91 Å². The molecule has 2 aromatic carbocycles. The minimum absolute atomic E-state index is 0.138. The topological polar surface area (TPSA) is 76.9 Å². The summed E-state index contributed by atoms with van der Waals surface area (Å²) in [5, 5.41) is 9.70. The van der Waals surface area contributed by atoms with Crippen LogP contribution in [-0.4, -0.2) is 20.7 Å². The second-order valence-electron chi connectivity index (χ2n) is 6.01. The van der Waals surface area contributed by atoms with Crippen LogP contribution in [0.5, 0.6) is 0 Å². The molecule has 0 unspecified atom stereocenters. The van der Waals surface area contributed by atoms with Crippen molar-refractivity contribution in [3.8, 4) is 11.3 Å². The molecule has 0 saturated heterocycles. The number of hydrogen-bond donors (Lipinski definition) is 1. The number of nitrogens with one attached hydrogen (secondary N) is 1. The molecule has 0 aliphatic heterocycles. The van der Waals surface area contributed by atoms with Crippen LogP contribution in [0.1, 0.15) is 17.4 Å². The van der Waals surface area contributed by atoms with E-state index in [1.54, 1.807) is 16.8 Å². The number of anilines is 1. The van der Waals surface area contributed by atoms with Crippen LogP contribution in [0.2, 0.25) is 0 Å². The summed E-state index contributed by atoms with van der Waals surface area (Å²) in [6.07, 6.45) is 0. The Hall–Kier alpha value is -2.84. The van der Waals surface area contributed by atoms with Crippen molar-refractivity contribution in [1.82, 2.24) is 14.8 Å². The number of para-hydroxylation sites is 1. The van der Waals surface area contributed by atoms with Gasteiger partial charge in [-0.05, 0) is 31.2 Å². The molecule has 6 nitrogen and oxygen atoms in total. The molecule has 1 amide bonds. The number of thiazole rings is 1. The molecule has 2 heterocycles. The van der Waals surface area contributed by atoms with Crippen LogP contribution in [0.3, 0.4) is 0 Å². The number of halogens is 1. The number of rotatable bonds is 4. The predicted molar refractivity (Wildman–Crippen MR) is 115 cm³/mol. The summed E-state index contributed by atoms with van der Waals surface area (Å²) in [6, 6.07) is 14.9. The monoisotopic (exact) mass is 454 g/mol. The number of aryl methyl sites for hydroxylation is 1. The summed E-state index contributed by atoms with van der Waals surface area (Å²) in [6.45, 7) is 2.46. The third-order valence-corrected chi connectivity index (χ3v) is 5.53. The number of hydrogen-bond acceptors (Lipinski definition) is 5. The van der Waals surface area contributed by atoms with Gasteiger partial charge in [-0.3, -0.25) is 19.6 Å². The first-order chi connectivity index (χ1) is 13.6. The zero-order chi connectivity index (χ0) is 19.7. The molecule has 4 aromatic rings. The second-order valence-corrected chi connectivity index (χ2v) is 7.78. The van der Waals surface area contributed by atoms with Crippen molar-refractivity contribution >= 4 is 49.2 Å². The SMILES string of the molecule is CCn1nc(C(=O)Nc2nc(-c3ccc(Br)cc3)cs2)c(=O)c2ccccc21. The quantitative estimate of drug-likeness (QED) is 0.490. The highest BCUT2D eigenvalue weighted by atomic mass is 79.9. The minimum Gasteiger partial charge on any atom is -0.296 e. The summed E-state index contributed by atoms with van der Waals surface area (Å²) >= 11 is 4.70. The van der Waals surface area contributed by atoms with Crippen LogP contribution in [0.25, 0.3) is 22.2 Å². The smallest absolute Gasteiger partial charge is 0.281 e. The summed E-state index contributed by atoms with van der Waals surface area (Å²) in [5.41, 5.74) is 1.88. The van der Waals surface area contributed by atoms with Crippen molar-refractivity contribution in [3.05, 3.63) is 74.3 Å². The van der Waals surface area contributed by atoms with E-state index in [9.17, 15) is 9.59 Å². The zero-order valence-corrected chi connectivity index (χ0v) is 17.3. The van der Waals surface area contributed by atoms with Crippen LogP contribution in [0.4, 0.5) is 5.13 Å². The van der Waals surface area contributed by atoms with E-state index < -0.39 is 5.91 Å². The maximum Gasteiger partial charge on any atom is 0.281 e. The Balaban J connectivity index is 1.65. The van der Waals surface area contributed by atoms with E-state index in [1.807, 2.05) is 48.7 Å². The van der Waals surface area contributed by atoms with Gasteiger partial charge in [-0.25, -0.2) is 4.98 Å². The van der Waals surface area contributed by atoms with Crippen molar-refractivity contribution in [2.24, 2.45) is 0 Å². The highest BCUT2D eigenvalue weighted by molar-refractivity contribution is 9.10. The number of carbonyl (C=O) groups is 1. The summed E-state index contributed by atoms with van der Waals surface area (Å²) < 4.78 is 2.63. The van der Waals surface area contributed by atoms with Gasteiger partial charge in [0.2, 0.25) is 5.43 Å². The molecule has 0 radical (unpaired) electrons. The molecule has 1 N–H and O–H groups in total. The molecule has 0 fully saturated rings. The molecule has 2 aromatic heterocycles. The third kappa shape index (κ3) is 3.48. The van der Waals surface area contributed by atoms with Gasteiger partial charge < -0.3 is 0 Å². The fourth-order valence-corrected chi connectivity index (χ4v) is 3.85. The zero-order valence-electron chi connectivity index (χ0n) is 14.8. The van der Waals surface area contributed by atoms with Gasteiger partial charge in [0, 0.05) is 27.3 Å². The van der Waals surface area contributed by atoms with Crippen LogP contribution < -0.4 is 10.7 Å². The van der Waals surface area contributed by atoms with E-state index in [-0.39, 0.29) is 11.1 Å². The van der Waals surface area contributed by atoms with E-state index in [1.165, 1.54) is 11.3 Å². The molecular formula is C20H15BrN4O2S. The number of fused-ring (bicyclic) bond motifs is 1. The molecule has 0 bridgehead atoms. The molecule has 28 heavy (non-hydrogen) atoms. The van der Waals surface area contributed by atoms with Crippen molar-refractivity contribution in [1.29, 1.82) is 0 Å². The maximum absolute atomic E-state index is 12.7. The number of nitrogens with zero attached hydrogens (tertiary/aromatic N) is 3. The lowest BCUT2D eigenvalue weighted by Gasteiger charge is -2.09. The van der Waals surface area contributed by atoms with E-state index in [0.717, 1.165) is 15.7 Å². The normalized spacial score (nSPS) is 10.9. The van der Waals surface area contributed by atoms with Gasteiger partial charge in [0.15, 0.2) is 10.8 Å². The Bertz CT molecular complexity index is 1230. The maximum atomic E-state index is 12.7. The van der Waals surface area contributed by atoms with Crippen molar-refractivity contribution < 1.29 is 4.79 Å². The average Bonchev–Trinajstić information content (AvgIpc) is 3.17. The van der Waals surface area contributed by atoms with Gasteiger partial charge in [0.1, 0.15) is 0 Å². The van der Waals surface area contributed by atoms with E-state index in [0.29, 0.717) is 22.6 Å². The van der Waals surface area contributed by atoms with Crippen molar-refractivity contribution in [2.75, 3.05) is 5.32 Å². The lowest BCUT2D eigenvalue weighted by atomic mass is 10.2. The number of benzene rings is 2. The Labute approximate surface area is 173 Å². The first-order valence-electron chi connectivity index (χ1n) is 8.59. The molecule has 0 saturated carbocycles. The van der Waals surface area contributed by atoms with Gasteiger partial charge >= 0.3 is 0 Å². The summed E-state index contributed by atoms with van der Waals surface area (Å²) in [7, 11) is 0. The van der Waals surface area contributed by atoms with Crippen molar-refractivity contribution in [2.45, 2.75) is 13.5 Å². The second kappa shape index (κ2) is 7.65. The fourth-order valence-electron chi connectivity index (χ4n) is 2.87.